The van der Waals surface area contributed by atoms with Crippen LogP contribution in [-0.2, 0) is 10.4 Å². The number of carbonyl (C=O) groups excluding carboxylic acids is 1. The quantitative estimate of drug-likeness (QED) is 0.843. The highest BCUT2D eigenvalue weighted by Crippen LogP contribution is 2.31. The first kappa shape index (κ1) is 17.9. The van der Waals surface area contributed by atoms with Crippen LogP contribution in [0.5, 0.6) is 5.75 Å². The lowest BCUT2D eigenvalue weighted by molar-refractivity contribution is -0.120. The van der Waals surface area contributed by atoms with E-state index in [1.807, 2.05) is 0 Å². The summed E-state index contributed by atoms with van der Waals surface area (Å²) in [5.74, 6) is -0.616. The van der Waals surface area contributed by atoms with Crippen LogP contribution < -0.4 is 10.1 Å². The van der Waals surface area contributed by atoms with Gasteiger partial charge in [-0.2, -0.15) is 8.78 Å². The van der Waals surface area contributed by atoms with Crippen molar-refractivity contribution < 1.29 is 23.4 Å². The maximum atomic E-state index is 12.5. The van der Waals surface area contributed by atoms with E-state index in [-0.39, 0.29) is 17.9 Å². The Balaban J connectivity index is 2.15. The van der Waals surface area contributed by atoms with Crippen molar-refractivity contribution in [2.45, 2.75) is 32.5 Å². The molecule has 0 radical (unpaired) electrons. The van der Waals surface area contributed by atoms with Crippen LogP contribution in [0, 0.1) is 6.92 Å². The molecule has 2 aromatic rings. The molecule has 2 aromatic carbocycles. The first-order valence-electron chi connectivity index (χ1n) is 7.42. The van der Waals surface area contributed by atoms with E-state index in [0.29, 0.717) is 11.1 Å². The molecule has 1 amide bonds. The topological polar surface area (TPSA) is 58.6 Å². The number of para-hydroxylation sites is 1. The van der Waals surface area contributed by atoms with Crippen LogP contribution in [-0.4, -0.2) is 17.6 Å². The molecule has 0 aromatic heterocycles. The molecule has 1 unspecified atom stereocenters. The third-order valence-corrected chi connectivity index (χ3v) is 3.62. The highest BCUT2D eigenvalue weighted by Gasteiger charge is 2.27. The summed E-state index contributed by atoms with van der Waals surface area (Å²) in [6, 6.07) is 13.3. The summed E-state index contributed by atoms with van der Waals surface area (Å²) in [6.07, 6.45) is -0.223. The van der Waals surface area contributed by atoms with E-state index < -0.39 is 18.1 Å². The van der Waals surface area contributed by atoms with Crippen molar-refractivity contribution in [3.05, 3.63) is 59.7 Å². The monoisotopic (exact) mass is 335 g/mol. The van der Waals surface area contributed by atoms with Crippen LogP contribution >= 0.6 is 0 Å². The van der Waals surface area contributed by atoms with Gasteiger partial charge in [0.2, 0.25) is 5.91 Å². The Bertz CT molecular complexity index is 703. The number of hydrogen-bond donors (Lipinski definition) is 2. The lowest BCUT2D eigenvalue weighted by Gasteiger charge is -2.24. The van der Waals surface area contributed by atoms with Crippen LogP contribution in [0.2, 0.25) is 0 Å². The summed E-state index contributed by atoms with van der Waals surface area (Å²) in [5.41, 5.74) is -0.0286. The second-order valence-electron chi connectivity index (χ2n) is 5.69. The number of benzene rings is 2. The number of nitrogens with one attached hydrogen (secondary N) is 1. The highest BCUT2D eigenvalue weighted by molar-refractivity contribution is 5.93. The molecule has 24 heavy (non-hydrogen) atoms. The number of alkyl halides is 2. The number of aliphatic hydroxyl groups is 1. The van der Waals surface area contributed by atoms with E-state index in [0.717, 1.165) is 0 Å². The molecule has 0 aliphatic heterocycles. The predicted molar refractivity (Wildman–Crippen MR) is 87.1 cm³/mol. The molecule has 0 bridgehead atoms. The zero-order chi connectivity index (χ0) is 17.7. The zero-order valence-electron chi connectivity index (χ0n) is 13.4. The minimum atomic E-state index is -2.99. The fourth-order valence-electron chi connectivity index (χ4n) is 2.39. The normalized spacial score (nSPS) is 13.4. The molecule has 2 rings (SSSR count). The van der Waals surface area contributed by atoms with Crippen molar-refractivity contribution in [2.24, 2.45) is 0 Å². The van der Waals surface area contributed by atoms with Gasteiger partial charge < -0.3 is 15.2 Å². The van der Waals surface area contributed by atoms with Crippen molar-refractivity contribution in [3.63, 3.8) is 0 Å². The first-order chi connectivity index (χ1) is 11.3. The Morgan fingerprint density at radius 1 is 1.21 bits per heavy atom. The van der Waals surface area contributed by atoms with E-state index in [9.17, 15) is 18.7 Å². The minimum Gasteiger partial charge on any atom is -0.433 e. The molecule has 4 nitrogen and oxygen atoms in total. The second kappa shape index (κ2) is 7.40. The van der Waals surface area contributed by atoms with E-state index in [1.165, 1.54) is 13.0 Å². The Morgan fingerprint density at radius 2 is 1.88 bits per heavy atom. The molecular formula is C18H19F2NO3. The fourth-order valence-corrected chi connectivity index (χ4v) is 2.39. The third kappa shape index (κ3) is 4.52. The highest BCUT2D eigenvalue weighted by atomic mass is 19.3. The van der Waals surface area contributed by atoms with Gasteiger partial charge in [0.05, 0.1) is 17.7 Å². The number of halogens is 2. The van der Waals surface area contributed by atoms with Gasteiger partial charge in [0.15, 0.2) is 0 Å². The van der Waals surface area contributed by atoms with Gasteiger partial charge in [0.1, 0.15) is 5.75 Å². The van der Waals surface area contributed by atoms with Crippen LogP contribution in [0.15, 0.2) is 48.5 Å². The van der Waals surface area contributed by atoms with Crippen LogP contribution in [0.3, 0.4) is 0 Å². The average molecular weight is 335 g/mol. The second-order valence-corrected chi connectivity index (χ2v) is 5.69. The summed E-state index contributed by atoms with van der Waals surface area (Å²) in [4.78, 5) is 12.3. The van der Waals surface area contributed by atoms with E-state index in [4.69, 9.17) is 0 Å². The van der Waals surface area contributed by atoms with Gasteiger partial charge in [-0.15, -0.1) is 0 Å². The maximum absolute atomic E-state index is 12.5. The predicted octanol–water partition coefficient (Wildman–Crippen LogP) is 3.83. The van der Waals surface area contributed by atoms with Gasteiger partial charge >= 0.3 is 6.61 Å². The molecule has 2 N–H and O–H groups in total. The van der Waals surface area contributed by atoms with Crippen molar-refractivity contribution in [1.29, 1.82) is 0 Å². The molecule has 128 valence electrons. The van der Waals surface area contributed by atoms with Gasteiger partial charge in [0.25, 0.3) is 0 Å². The zero-order valence-corrected chi connectivity index (χ0v) is 13.4. The molecule has 0 aliphatic carbocycles. The maximum Gasteiger partial charge on any atom is 0.387 e. The molecule has 0 saturated heterocycles. The first-order valence-corrected chi connectivity index (χ1v) is 7.42. The smallest absolute Gasteiger partial charge is 0.387 e. The summed E-state index contributed by atoms with van der Waals surface area (Å²) in [7, 11) is 0. The van der Waals surface area contributed by atoms with Gasteiger partial charge in [-0.3, -0.25) is 4.79 Å². The fraction of sp³-hybridized carbons (Fsp3) is 0.278. The van der Waals surface area contributed by atoms with Crippen LogP contribution in [0.1, 0.15) is 24.5 Å². The Hall–Kier alpha value is -2.47. The van der Waals surface area contributed by atoms with Gasteiger partial charge in [-0.05, 0) is 31.0 Å². The van der Waals surface area contributed by atoms with Crippen molar-refractivity contribution >= 4 is 11.6 Å². The molecular weight excluding hydrogens is 316 g/mol. The molecule has 0 aliphatic rings. The third-order valence-electron chi connectivity index (χ3n) is 3.62. The van der Waals surface area contributed by atoms with Crippen molar-refractivity contribution in [3.8, 4) is 5.75 Å². The van der Waals surface area contributed by atoms with Gasteiger partial charge in [-0.1, -0.05) is 42.5 Å². The summed E-state index contributed by atoms with van der Waals surface area (Å²) in [5, 5.41) is 13.1. The van der Waals surface area contributed by atoms with Crippen LogP contribution in [0.25, 0.3) is 0 Å². The summed E-state index contributed by atoms with van der Waals surface area (Å²) < 4.78 is 29.4. The SMILES string of the molecule is Cc1cccc(OC(F)F)c1NC(=O)CC(C)(O)c1ccccc1. The summed E-state index contributed by atoms with van der Waals surface area (Å²) in [6.45, 7) is 0.203. The molecule has 0 spiro atoms. The number of ether oxygens (including phenoxy) is 1. The van der Waals surface area contributed by atoms with Gasteiger partial charge in [0, 0.05) is 0 Å². The molecule has 1 atom stereocenters. The minimum absolute atomic E-state index is 0.113. The number of rotatable bonds is 6. The number of hydrogen-bond acceptors (Lipinski definition) is 3. The van der Waals surface area contributed by atoms with Crippen molar-refractivity contribution in [1.82, 2.24) is 0 Å². The Morgan fingerprint density at radius 3 is 2.50 bits per heavy atom. The van der Waals surface area contributed by atoms with Gasteiger partial charge in [-0.25, -0.2) is 0 Å². The summed E-state index contributed by atoms with van der Waals surface area (Å²) >= 11 is 0. The molecule has 6 heteroatoms. The molecule has 0 fully saturated rings. The lowest BCUT2D eigenvalue weighted by atomic mass is 9.92. The number of aryl methyl sites for hydroxylation is 1. The number of amides is 1. The van der Waals surface area contributed by atoms with Crippen LogP contribution in [0.4, 0.5) is 14.5 Å². The standard InChI is InChI=1S/C18H19F2NO3/c1-12-7-6-10-14(24-17(19)20)16(12)21-15(22)11-18(2,23)13-8-4-3-5-9-13/h3-10,17,23H,11H2,1-2H3,(H,21,22). The number of carbonyl (C=O) groups is 1. The Kier molecular flexibility index (Phi) is 5.51. The largest absolute Gasteiger partial charge is 0.433 e. The average Bonchev–Trinajstić information content (AvgIpc) is 2.50. The van der Waals surface area contributed by atoms with Crippen molar-refractivity contribution in [2.75, 3.05) is 5.32 Å². The number of anilines is 1. The van der Waals surface area contributed by atoms with E-state index >= 15 is 0 Å². The van der Waals surface area contributed by atoms with E-state index in [2.05, 4.69) is 10.1 Å². The van der Waals surface area contributed by atoms with E-state index in [1.54, 1.807) is 49.4 Å². The Labute approximate surface area is 139 Å². The molecule has 0 saturated carbocycles. The lowest BCUT2D eigenvalue weighted by Crippen LogP contribution is -2.28. The molecule has 0 heterocycles.